The van der Waals surface area contributed by atoms with E-state index in [0.29, 0.717) is 25.7 Å². The van der Waals surface area contributed by atoms with E-state index in [9.17, 15) is 43.2 Å². The molecule has 0 rings (SSSR count). The van der Waals surface area contributed by atoms with E-state index in [1.54, 1.807) is 0 Å². The van der Waals surface area contributed by atoms with Crippen LogP contribution in [0.5, 0.6) is 0 Å². The van der Waals surface area contributed by atoms with Gasteiger partial charge in [-0.05, 0) is 57.3 Å². The van der Waals surface area contributed by atoms with Gasteiger partial charge >= 0.3 is 39.5 Å². The average molecular weight is 1530 g/mol. The number of aliphatic hydroxyl groups is 1. The third-order valence-corrected chi connectivity index (χ3v) is 21.9. The smallest absolute Gasteiger partial charge is 0.462 e. The lowest BCUT2D eigenvalue weighted by atomic mass is 9.99. The minimum Gasteiger partial charge on any atom is -0.462 e. The zero-order chi connectivity index (χ0) is 76.9. The number of esters is 4. The van der Waals surface area contributed by atoms with E-state index < -0.39 is 97.5 Å². The normalized spacial score (nSPS) is 14.2. The number of allylic oxidation sites excluding steroid dienone is 4. The van der Waals surface area contributed by atoms with Gasteiger partial charge in [0.15, 0.2) is 12.2 Å². The highest BCUT2D eigenvalue weighted by Crippen LogP contribution is 2.45. The molecule has 620 valence electrons. The van der Waals surface area contributed by atoms with Crippen molar-refractivity contribution in [3.05, 3.63) is 24.3 Å². The molecule has 6 atom stereocenters. The van der Waals surface area contributed by atoms with Crippen molar-refractivity contribution in [3.8, 4) is 0 Å². The van der Waals surface area contributed by atoms with Crippen LogP contribution in [0.4, 0.5) is 0 Å². The number of ether oxygens (including phenoxy) is 4. The molecule has 0 amide bonds. The number of carbonyl (C=O) groups excluding carboxylic acids is 4. The van der Waals surface area contributed by atoms with Crippen LogP contribution in [0.2, 0.25) is 0 Å². The first kappa shape index (κ1) is 103. The number of phosphoric ester groups is 2. The largest absolute Gasteiger partial charge is 0.472 e. The predicted octanol–water partition coefficient (Wildman–Crippen LogP) is 25.9. The van der Waals surface area contributed by atoms with E-state index in [-0.39, 0.29) is 25.7 Å². The number of carbonyl (C=O) groups is 4. The van der Waals surface area contributed by atoms with Crippen LogP contribution in [0.15, 0.2) is 24.3 Å². The second-order valence-electron chi connectivity index (χ2n) is 30.5. The molecule has 0 aliphatic carbocycles. The quantitative estimate of drug-likeness (QED) is 0.0169. The van der Waals surface area contributed by atoms with Gasteiger partial charge in [0, 0.05) is 25.7 Å². The fraction of sp³-hybridized carbons (Fsp3) is 0.907. The molecule has 0 aromatic heterocycles. The molecule has 17 nitrogen and oxygen atoms in total. The highest BCUT2D eigenvalue weighted by Gasteiger charge is 2.30. The monoisotopic (exact) mass is 1530 g/mol. The van der Waals surface area contributed by atoms with E-state index >= 15 is 0 Å². The van der Waals surface area contributed by atoms with Crippen molar-refractivity contribution in [3.63, 3.8) is 0 Å². The number of hydrogen-bond acceptors (Lipinski definition) is 15. The first-order chi connectivity index (χ1) is 51.1. The average Bonchev–Trinajstić information content (AvgIpc) is 1.01. The second-order valence-corrected chi connectivity index (χ2v) is 33.4. The molecule has 0 radical (unpaired) electrons. The van der Waals surface area contributed by atoms with E-state index in [0.717, 1.165) is 109 Å². The Labute approximate surface area is 643 Å². The van der Waals surface area contributed by atoms with E-state index in [1.165, 1.54) is 250 Å². The first-order valence-electron chi connectivity index (χ1n) is 44.0. The van der Waals surface area contributed by atoms with Crippen molar-refractivity contribution >= 4 is 39.5 Å². The summed E-state index contributed by atoms with van der Waals surface area (Å²) >= 11 is 0. The van der Waals surface area contributed by atoms with Crippen LogP contribution in [0, 0.1) is 5.92 Å². The third-order valence-electron chi connectivity index (χ3n) is 20.0. The van der Waals surface area contributed by atoms with Gasteiger partial charge < -0.3 is 33.8 Å². The van der Waals surface area contributed by atoms with Gasteiger partial charge in [0.1, 0.15) is 19.3 Å². The molecule has 0 spiro atoms. The van der Waals surface area contributed by atoms with Crippen LogP contribution < -0.4 is 0 Å². The Bertz CT molecular complexity index is 2090. The topological polar surface area (TPSA) is 237 Å². The molecule has 105 heavy (non-hydrogen) atoms. The molecular formula is C86H164O17P2. The second kappa shape index (κ2) is 78.2. The summed E-state index contributed by atoms with van der Waals surface area (Å²) in [6, 6.07) is 0. The van der Waals surface area contributed by atoms with Crippen molar-refractivity contribution in [2.45, 2.75) is 457 Å². The van der Waals surface area contributed by atoms with Gasteiger partial charge in [-0.2, -0.15) is 0 Å². The maximum Gasteiger partial charge on any atom is 0.472 e. The number of phosphoric acid groups is 2. The Morgan fingerprint density at radius 1 is 0.305 bits per heavy atom. The first-order valence-corrected chi connectivity index (χ1v) is 47.0. The van der Waals surface area contributed by atoms with Gasteiger partial charge in [-0.3, -0.25) is 37.3 Å². The lowest BCUT2D eigenvalue weighted by Gasteiger charge is -2.21. The lowest BCUT2D eigenvalue weighted by molar-refractivity contribution is -0.161. The molecule has 0 saturated carbocycles. The summed E-state index contributed by atoms with van der Waals surface area (Å²) in [4.78, 5) is 73.1. The van der Waals surface area contributed by atoms with Crippen LogP contribution in [-0.4, -0.2) is 96.7 Å². The predicted molar refractivity (Wildman–Crippen MR) is 432 cm³/mol. The van der Waals surface area contributed by atoms with Crippen molar-refractivity contribution in [1.82, 2.24) is 0 Å². The fourth-order valence-corrected chi connectivity index (χ4v) is 14.5. The zero-order valence-corrected chi connectivity index (χ0v) is 70.1. The summed E-state index contributed by atoms with van der Waals surface area (Å²) in [5, 5.41) is 10.7. The summed E-state index contributed by atoms with van der Waals surface area (Å²) < 4.78 is 68.8. The van der Waals surface area contributed by atoms with Crippen LogP contribution in [0.3, 0.4) is 0 Å². The number of unbranched alkanes of at least 4 members (excludes halogenated alkanes) is 52. The van der Waals surface area contributed by atoms with Gasteiger partial charge in [0.2, 0.25) is 0 Å². The Balaban J connectivity index is 5.23. The van der Waals surface area contributed by atoms with Crippen molar-refractivity contribution < 1.29 is 80.2 Å². The Kier molecular flexibility index (Phi) is 76.4. The Hall–Kier alpha value is -2.46. The zero-order valence-electron chi connectivity index (χ0n) is 68.4. The van der Waals surface area contributed by atoms with Gasteiger partial charge in [-0.25, -0.2) is 9.13 Å². The van der Waals surface area contributed by atoms with Crippen LogP contribution in [0.25, 0.3) is 0 Å². The molecule has 0 aliphatic rings. The van der Waals surface area contributed by atoms with Crippen molar-refractivity contribution in [2.24, 2.45) is 5.92 Å². The minimum absolute atomic E-state index is 0.0855. The Morgan fingerprint density at radius 3 is 0.810 bits per heavy atom. The van der Waals surface area contributed by atoms with Crippen molar-refractivity contribution in [2.75, 3.05) is 39.6 Å². The molecule has 0 aromatic carbocycles. The number of hydrogen-bond donors (Lipinski definition) is 3. The number of rotatable bonds is 84. The molecule has 3 N–H and O–H groups in total. The third kappa shape index (κ3) is 78.0. The summed E-state index contributed by atoms with van der Waals surface area (Å²) in [6.07, 6.45) is 74.4. The van der Waals surface area contributed by atoms with Gasteiger partial charge in [0.25, 0.3) is 0 Å². The Morgan fingerprint density at radius 2 is 0.533 bits per heavy atom. The summed E-state index contributed by atoms with van der Waals surface area (Å²) in [6.45, 7) is 7.34. The highest BCUT2D eigenvalue weighted by atomic mass is 31.2. The van der Waals surface area contributed by atoms with E-state index in [4.69, 9.17) is 37.0 Å². The van der Waals surface area contributed by atoms with E-state index in [1.807, 2.05) is 0 Å². The molecule has 0 aliphatic heterocycles. The standard InChI is InChI=1S/C86H164O17P2/c1-6-10-13-16-19-22-24-26-28-29-30-34-38-41-45-50-55-60-65-70-84(89)97-76-82(103-86(91)72-67-62-57-52-47-43-39-35-32-31-33-37-40-44-49-53-58-63-68-79(5)9-4)78-101-105(94,95)99-74-80(87)73-98-104(92,93)100-77-81(75-96-83(88)69-64-59-54-48-21-18-15-12-8-3)102-85(90)71-66-61-56-51-46-42-36-27-25-23-20-17-14-11-7-2/h23,25,27,36,79-82,87H,6-22,24,26,28-35,37-78H2,1-5H3,(H,92,93)(H,94,95)/b25-23-,36-27-/t79?,80-,81+,82+/m0/s1. The van der Waals surface area contributed by atoms with Crippen molar-refractivity contribution in [1.29, 1.82) is 0 Å². The summed E-state index contributed by atoms with van der Waals surface area (Å²) in [5.41, 5.74) is 0. The molecule has 0 saturated heterocycles. The number of aliphatic hydroxyl groups excluding tert-OH is 1. The van der Waals surface area contributed by atoms with E-state index in [2.05, 4.69) is 58.9 Å². The van der Waals surface area contributed by atoms with Gasteiger partial charge in [0.05, 0.1) is 26.4 Å². The molecule has 0 aromatic rings. The molecule has 19 heteroatoms. The van der Waals surface area contributed by atoms with Crippen LogP contribution in [-0.2, 0) is 65.4 Å². The molecule has 3 unspecified atom stereocenters. The lowest BCUT2D eigenvalue weighted by Crippen LogP contribution is -2.30. The summed E-state index contributed by atoms with van der Waals surface area (Å²) in [5.74, 6) is -1.26. The highest BCUT2D eigenvalue weighted by molar-refractivity contribution is 7.47. The molecule has 0 bridgehead atoms. The molecular weight excluding hydrogens is 1370 g/mol. The molecule has 0 fully saturated rings. The fourth-order valence-electron chi connectivity index (χ4n) is 12.9. The van der Waals surface area contributed by atoms with Crippen LogP contribution in [0.1, 0.15) is 439 Å². The molecule has 0 heterocycles. The maximum atomic E-state index is 13.1. The summed E-state index contributed by atoms with van der Waals surface area (Å²) in [7, 11) is -9.94. The minimum atomic E-state index is -4.97. The van der Waals surface area contributed by atoms with Crippen LogP contribution >= 0.6 is 15.6 Å². The van der Waals surface area contributed by atoms with Gasteiger partial charge in [-0.1, -0.05) is 386 Å². The maximum absolute atomic E-state index is 13.1. The SMILES string of the molecule is CCCCCC/C=C\C=C/CCCCCCCC(=O)O[C@H](COC(=O)CCCCCCCCCCC)COP(=O)(O)OC[C@H](O)COP(=O)(O)OC[C@@H](COC(=O)CCCCCCCCCCCCCCCCCCCCC)OC(=O)CCCCCCCCCCCCCCCCCCCCC(C)CC. The van der Waals surface area contributed by atoms with Gasteiger partial charge in [-0.15, -0.1) is 0 Å².